The zero-order valence-corrected chi connectivity index (χ0v) is 15.0. The molecule has 0 aliphatic rings. The molecule has 1 rings (SSSR count). The SMILES string of the molecule is CCN(CC)C(CNC(N)=NC)Cc1ccccc1.I. The first kappa shape index (κ1) is 19.2. The van der Waals surface area contributed by atoms with Crippen LogP contribution in [0.4, 0.5) is 0 Å². The van der Waals surface area contributed by atoms with Crippen LogP contribution in [0.25, 0.3) is 0 Å². The lowest BCUT2D eigenvalue weighted by molar-refractivity contribution is 0.215. The van der Waals surface area contributed by atoms with Crippen molar-refractivity contribution < 1.29 is 0 Å². The van der Waals surface area contributed by atoms with E-state index in [2.05, 4.69) is 59.4 Å². The van der Waals surface area contributed by atoms with Crippen LogP contribution < -0.4 is 11.1 Å². The van der Waals surface area contributed by atoms with E-state index in [9.17, 15) is 0 Å². The van der Waals surface area contributed by atoms with Crippen molar-refractivity contribution in [1.29, 1.82) is 0 Å². The topological polar surface area (TPSA) is 53.6 Å². The number of rotatable bonds is 7. The Morgan fingerprint density at radius 1 is 1.25 bits per heavy atom. The van der Waals surface area contributed by atoms with Gasteiger partial charge in [-0.3, -0.25) is 9.89 Å². The van der Waals surface area contributed by atoms with Gasteiger partial charge in [0.25, 0.3) is 0 Å². The molecule has 0 fully saturated rings. The Balaban J connectivity index is 0.00000361. The molecule has 0 heterocycles. The molecule has 0 aliphatic heterocycles. The Kier molecular flexibility index (Phi) is 10.5. The van der Waals surface area contributed by atoms with E-state index in [-0.39, 0.29) is 24.0 Å². The van der Waals surface area contributed by atoms with Gasteiger partial charge in [0.2, 0.25) is 0 Å². The molecule has 1 aromatic rings. The summed E-state index contributed by atoms with van der Waals surface area (Å²) in [5, 5.41) is 3.19. The first-order valence-electron chi connectivity index (χ1n) is 6.95. The van der Waals surface area contributed by atoms with E-state index in [4.69, 9.17) is 5.73 Å². The van der Waals surface area contributed by atoms with Gasteiger partial charge in [0.15, 0.2) is 5.96 Å². The summed E-state index contributed by atoms with van der Waals surface area (Å²) in [5.41, 5.74) is 7.07. The van der Waals surface area contributed by atoms with Gasteiger partial charge in [-0.25, -0.2) is 0 Å². The molecule has 5 heteroatoms. The van der Waals surface area contributed by atoms with Gasteiger partial charge >= 0.3 is 0 Å². The van der Waals surface area contributed by atoms with E-state index in [0.717, 1.165) is 26.1 Å². The molecule has 1 unspecified atom stereocenters. The van der Waals surface area contributed by atoms with Gasteiger partial charge < -0.3 is 11.1 Å². The average Bonchev–Trinajstić information content (AvgIpc) is 2.46. The van der Waals surface area contributed by atoms with Crippen LogP contribution in [-0.4, -0.2) is 43.6 Å². The molecule has 1 aromatic carbocycles. The molecule has 20 heavy (non-hydrogen) atoms. The van der Waals surface area contributed by atoms with Crippen molar-refractivity contribution in [3.63, 3.8) is 0 Å². The largest absolute Gasteiger partial charge is 0.370 e. The highest BCUT2D eigenvalue weighted by atomic mass is 127. The summed E-state index contributed by atoms with van der Waals surface area (Å²) >= 11 is 0. The quantitative estimate of drug-likeness (QED) is 0.426. The van der Waals surface area contributed by atoms with Crippen LogP contribution in [0.1, 0.15) is 19.4 Å². The second-order valence-corrected chi connectivity index (χ2v) is 4.55. The number of likely N-dealkylation sites (N-methyl/N-ethyl adjacent to an activating group) is 1. The van der Waals surface area contributed by atoms with E-state index in [1.807, 2.05) is 0 Å². The Bertz CT molecular complexity index is 377. The van der Waals surface area contributed by atoms with Crippen molar-refractivity contribution in [2.24, 2.45) is 10.7 Å². The molecule has 0 saturated heterocycles. The van der Waals surface area contributed by atoms with Gasteiger partial charge in [-0.15, -0.1) is 24.0 Å². The van der Waals surface area contributed by atoms with Gasteiger partial charge in [0, 0.05) is 19.6 Å². The summed E-state index contributed by atoms with van der Waals surface area (Å²) in [6, 6.07) is 11.0. The predicted molar refractivity (Wildman–Crippen MR) is 97.8 cm³/mol. The van der Waals surface area contributed by atoms with Crippen LogP contribution in [0.3, 0.4) is 0 Å². The van der Waals surface area contributed by atoms with Crippen LogP contribution in [0.2, 0.25) is 0 Å². The fraction of sp³-hybridized carbons (Fsp3) is 0.533. The highest BCUT2D eigenvalue weighted by molar-refractivity contribution is 14.0. The number of hydrogen-bond donors (Lipinski definition) is 2. The van der Waals surface area contributed by atoms with E-state index in [0.29, 0.717) is 12.0 Å². The average molecular weight is 390 g/mol. The van der Waals surface area contributed by atoms with E-state index < -0.39 is 0 Å². The van der Waals surface area contributed by atoms with Crippen LogP contribution in [0.5, 0.6) is 0 Å². The molecule has 1 atom stereocenters. The first-order chi connectivity index (χ1) is 9.21. The number of halogens is 1. The van der Waals surface area contributed by atoms with Gasteiger partial charge in [-0.05, 0) is 25.1 Å². The van der Waals surface area contributed by atoms with Crippen LogP contribution in [0.15, 0.2) is 35.3 Å². The fourth-order valence-corrected chi connectivity index (χ4v) is 2.26. The molecular weight excluding hydrogens is 363 g/mol. The zero-order chi connectivity index (χ0) is 14.1. The highest BCUT2D eigenvalue weighted by Crippen LogP contribution is 2.08. The Morgan fingerprint density at radius 3 is 2.35 bits per heavy atom. The molecule has 0 spiro atoms. The fourth-order valence-electron chi connectivity index (χ4n) is 2.26. The molecule has 4 nitrogen and oxygen atoms in total. The number of nitrogens with two attached hydrogens (primary N) is 1. The smallest absolute Gasteiger partial charge is 0.188 e. The van der Waals surface area contributed by atoms with Crippen molar-refractivity contribution in [3.05, 3.63) is 35.9 Å². The summed E-state index contributed by atoms with van der Waals surface area (Å²) in [6.07, 6.45) is 1.02. The zero-order valence-electron chi connectivity index (χ0n) is 12.7. The monoisotopic (exact) mass is 390 g/mol. The van der Waals surface area contributed by atoms with Crippen LogP contribution in [0, 0.1) is 0 Å². The Morgan fingerprint density at radius 2 is 1.85 bits per heavy atom. The molecule has 0 aliphatic carbocycles. The molecule has 0 bridgehead atoms. The number of guanidine groups is 1. The lowest BCUT2D eigenvalue weighted by atomic mass is 10.0. The van der Waals surface area contributed by atoms with Crippen LogP contribution >= 0.6 is 24.0 Å². The predicted octanol–water partition coefficient (Wildman–Crippen LogP) is 2.09. The third kappa shape index (κ3) is 6.56. The molecule has 114 valence electrons. The Labute approximate surface area is 139 Å². The lowest BCUT2D eigenvalue weighted by Gasteiger charge is -2.30. The second kappa shape index (κ2) is 10.9. The number of benzene rings is 1. The maximum absolute atomic E-state index is 5.72. The minimum absolute atomic E-state index is 0. The normalized spacial score (nSPS) is 12.9. The van der Waals surface area contributed by atoms with Crippen molar-refractivity contribution in [2.45, 2.75) is 26.3 Å². The highest BCUT2D eigenvalue weighted by Gasteiger charge is 2.16. The third-order valence-electron chi connectivity index (χ3n) is 3.40. The van der Waals surface area contributed by atoms with E-state index in [1.165, 1.54) is 5.56 Å². The summed E-state index contributed by atoms with van der Waals surface area (Å²) in [5.74, 6) is 0.505. The number of nitrogens with zero attached hydrogens (tertiary/aromatic N) is 2. The molecule has 0 radical (unpaired) electrons. The number of aliphatic imine (C=N–C) groups is 1. The summed E-state index contributed by atoms with van der Waals surface area (Å²) in [7, 11) is 1.70. The van der Waals surface area contributed by atoms with Gasteiger partial charge in [-0.1, -0.05) is 44.2 Å². The van der Waals surface area contributed by atoms with Gasteiger partial charge in [0.1, 0.15) is 0 Å². The minimum Gasteiger partial charge on any atom is -0.370 e. The Hall–Kier alpha value is -0.820. The first-order valence-corrected chi connectivity index (χ1v) is 6.95. The summed E-state index contributed by atoms with van der Waals surface area (Å²) in [4.78, 5) is 6.39. The lowest BCUT2D eigenvalue weighted by Crippen LogP contribution is -2.46. The summed E-state index contributed by atoms with van der Waals surface area (Å²) < 4.78 is 0. The second-order valence-electron chi connectivity index (χ2n) is 4.55. The molecule has 0 saturated carbocycles. The van der Waals surface area contributed by atoms with E-state index in [1.54, 1.807) is 7.05 Å². The maximum Gasteiger partial charge on any atom is 0.188 e. The van der Waals surface area contributed by atoms with E-state index >= 15 is 0 Å². The molecule has 0 aromatic heterocycles. The number of nitrogens with one attached hydrogen (secondary N) is 1. The van der Waals surface area contributed by atoms with Crippen molar-refractivity contribution in [2.75, 3.05) is 26.7 Å². The standard InChI is InChI=1S/C15H26N4.HI/c1-4-19(5-2)14(12-18-15(16)17-3)11-13-9-7-6-8-10-13;/h6-10,14H,4-5,11-12H2,1-3H3,(H3,16,17,18);1H. The van der Waals surface area contributed by atoms with Gasteiger partial charge in [0.05, 0.1) is 0 Å². The number of hydrogen-bond acceptors (Lipinski definition) is 2. The minimum atomic E-state index is 0. The van der Waals surface area contributed by atoms with Gasteiger partial charge in [-0.2, -0.15) is 0 Å². The maximum atomic E-state index is 5.72. The van der Waals surface area contributed by atoms with Crippen molar-refractivity contribution >= 4 is 29.9 Å². The van der Waals surface area contributed by atoms with Crippen molar-refractivity contribution in [1.82, 2.24) is 10.2 Å². The van der Waals surface area contributed by atoms with Crippen LogP contribution in [-0.2, 0) is 6.42 Å². The molecule has 0 amide bonds. The molecule has 3 N–H and O–H groups in total. The molecular formula is C15H27IN4. The third-order valence-corrected chi connectivity index (χ3v) is 3.40. The summed E-state index contributed by atoms with van der Waals surface area (Å²) in [6.45, 7) is 7.29. The van der Waals surface area contributed by atoms with Crippen molar-refractivity contribution in [3.8, 4) is 0 Å².